The van der Waals surface area contributed by atoms with E-state index in [1.165, 1.54) is 7.11 Å². The topological polar surface area (TPSA) is 112 Å². The van der Waals surface area contributed by atoms with Gasteiger partial charge in [0.05, 0.1) is 13.3 Å². The normalized spacial score (nSPS) is 16.4. The Morgan fingerprint density at radius 2 is 2.20 bits per heavy atom. The molecule has 2 aromatic rings. The maximum atomic E-state index is 11.9. The summed E-state index contributed by atoms with van der Waals surface area (Å²) in [5.41, 5.74) is -3.51. The monoisotopic (exact) mass is 402 g/mol. The number of fused-ring (bicyclic) bond motifs is 1. The first-order valence-corrected chi connectivity index (χ1v) is 12.0. The molecule has 0 spiro atoms. The molecule has 136 valence electrons. The minimum Gasteiger partial charge on any atom is -0.480 e. The Labute approximate surface area is 153 Å². The second-order valence-electron chi connectivity index (χ2n) is 5.87. The van der Waals surface area contributed by atoms with Crippen LogP contribution in [-0.4, -0.2) is 50.9 Å². The van der Waals surface area contributed by atoms with Crippen LogP contribution < -0.4 is 15.2 Å². The summed E-state index contributed by atoms with van der Waals surface area (Å²) in [5, 5.41) is 7.31. The SMILES string of the molecule is COc1nc(N2CCC(CSP(O)(O)=S)CC2)cc2cn[nH]c(=O)c12. The van der Waals surface area contributed by atoms with E-state index in [-0.39, 0.29) is 11.4 Å². The zero-order valence-electron chi connectivity index (χ0n) is 13.6. The molecular formula is C14H19N4O4PS2. The molecular weight excluding hydrogens is 383 g/mol. The van der Waals surface area contributed by atoms with Crippen LogP contribution in [0, 0.1) is 5.92 Å². The van der Waals surface area contributed by atoms with Gasteiger partial charge in [-0.15, -0.1) is 0 Å². The molecule has 1 aliphatic heterocycles. The molecule has 1 saturated heterocycles. The van der Waals surface area contributed by atoms with Crippen LogP contribution in [0.3, 0.4) is 0 Å². The van der Waals surface area contributed by atoms with E-state index in [1.807, 2.05) is 6.07 Å². The number of aromatic nitrogens is 3. The summed E-state index contributed by atoms with van der Waals surface area (Å²) in [6.07, 6.45) is 3.42. The highest BCUT2D eigenvalue weighted by Crippen LogP contribution is 2.51. The Bertz CT molecular complexity index is 864. The first-order chi connectivity index (χ1) is 11.9. The van der Waals surface area contributed by atoms with Gasteiger partial charge in [0.2, 0.25) is 11.6 Å². The van der Waals surface area contributed by atoms with Crippen molar-refractivity contribution in [2.45, 2.75) is 12.8 Å². The molecule has 11 heteroatoms. The lowest BCUT2D eigenvalue weighted by Crippen LogP contribution is -2.35. The number of nitrogens with one attached hydrogen (secondary N) is 1. The van der Waals surface area contributed by atoms with Crippen molar-refractivity contribution in [3.63, 3.8) is 0 Å². The van der Waals surface area contributed by atoms with Crippen molar-refractivity contribution in [1.82, 2.24) is 15.2 Å². The number of ether oxygens (including phenoxy) is 1. The van der Waals surface area contributed by atoms with E-state index in [0.717, 1.165) is 43.1 Å². The highest BCUT2D eigenvalue weighted by atomic mass is 32.9. The number of pyridine rings is 1. The summed E-state index contributed by atoms with van der Waals surface area (Å²) >= 11 is 5.74. The highest BCUT2D eigenvalue weighted by Gasteiger charge is 2.23. The summed E-state index contributed by atoms with van der Waals surface area (Å²) in [4.78, 5) is 37.2. The summed E-state index contributed by atoms with van der Waals surface area (Å²) in [7, 11) is 1.49. The minimum atomic E-state index is -3.18. The number of nitrogens with zero attached hydrogens (tertiary/aromatic N) is 3. The summed E-state index contributed by atoms with van der Waals surface area (Å²) in [5.74, 6) is 2.09. The summed E-state index contributed by atoms with van der Waals surface area (Å²) in [6, 6.07) is 1.84. The van der Waals surface area contributed by atoms with Crippen molar-refractivity contribution in [2.24, 2.45) is 5.92 Å². The van der Waals surface area contributed by atoms with Crippen LogP contribution in [0.1, 0.15) is 12.8 Å². The maximum absolute atomic E-state index is 11.9. The maximum Gasteiger partial charge on any atom is 0.277 e. The van der Waals surface area contributed by atoms with Crippen LogP contribution >= 0.6 is 17.1 Å². The van der Waals surface area contributed by atoms with Gasteiger partial charge in [-0.3, -0.25) is 4.79 Å². The number of H-pyrrole nitrogens is 1. The van der Waals surface area contributed by atoms with Gasteiger partial charge in [0, 0.05) is 24.2 Å². The molecule has 1 fully saturated rings. The lowest BCUT2D eigenvalue weighted by Gasteiger charge is -2.33. The third-order valence-electron chi connectivity index (χ3n) is 4.21. The van der Waals surface area contributed by atoms with Gasteiger partial charge in [-0.25, -0.2) is 5.10 Å². The minimum absolute atomic E-state index is 0.287. The number of piperidine rings is 1. The predicted molar refractivity (Wildman–Crippen MR) is 103 cm³/mol. The van der Waals surface area contributed by atoms with E-state index in [0.29, 0.717) is 22.4 Å². The van der Waals surface area contributed by atoms with Gasteiger partial charge in [-0.1, -0.05) is 11.4 Å². The fourth-order valence-corrected chi connectivity index (χ4v) is 5.42. The van der Waals surface area contributed by atoms with E-state index < -0.39 is 5.69 Å². The quantitative estimate of drug-likeness (QED) is 0.640. The molecule has 3 N–H and O–H groups in total. The molecule has 0 bridgehead atoms. The van der Waals surface area contributed by atoms with Gasteiger partial charge in [-0.2, -0.15) is 10.1 Å². The molecule has 0 atom stereocenters. The number of hydrogen-bond acceptors (Lipinski definition) is 7. The molecule has 3 rings (SSSR count). The van der Waals surface area contributed by atoms with Crippen molar-refractivity contribution < 1.29 is 14.5 Å². The van der Waals surface area contributed by atoms with Crippen LogP contribution in [0.4, 0.5) is 5.82 Å². The van der Waals surface area contributed by atoms with Crippen molar-refractivity contribution in [3.05, 3.63) is 22.6 Å². The molecule has 25 heavy (non-hydrogen) atoms. The third-order valence-corrected chi connectivity index (χ3v) is 7.57. The van der Waals surface area contributed by atoms with E-state index in [4.69, 9.17) is 4.74 Å². The van der Waals surface area contributed by atoms with E-state index in [9.17, 15) is 14.6 Å². The predicted octanol–water partition coefficient (Wildman–Crippen LogP) is 1.49. The van der Waals surface area contributed by atoms with Crippen LogP contribution in [-0.2, 0) is 11.8 Å². The Morgan fingerprint density at radius 3 is 2.84 bits per heavy atom. The van der Waals surface area contributed by atoms with Gasteiger partial charge in [0.15, 0.2) is 0 Å². The zero-order chi connectivity index (χ0) is 18.0. The van der Waals surface area contributed by atoms with Crippen LogP contribution in [0.15, 0.2) is 17.1 Å². The molecule has 0 aromatic carbocycles. The average molecular weight is 402 g/mol. The molecule has 0 unspecified atom stereocenters. The van der Waals surface area contributed by atoms with Crippen molar-refractivity contribution in [2.75, 3.05) is 30.9 Å². The lowest BCUT2D eigenvalue weighted by atomic mass is 9.99. The molecule has 8 nitrogen and oxygen atoms in total. The Hall–Kier alpha value is -1.19. The van der Waals surface area contributed by atoms with Gasteiger partial charge in [-0.05, 0) is 36.6 Å². The van der Waals surface area contributed by atoms with E-state index >= 15 is 0 Å². The second kappa shape index (κ2) is 7.59. The second-order valence-corrected chi connectivity index (χ2v) is 12.0. The van der Waals surface area contributed by atoms with Crippen molar-refractivity contribution in [1.29, 1.82) is 0 Å². The van der Waals surface area contributed by atoms with Gasteiger partial charge in [0.25, 0.3) is 5.56 Å². The molecule has 3 heterocycles. The Morgan fingerprint density at radius 1 is 1.48 bits per heavy atom. The van der Waals surface area contributed by atoms with Crippen molar-refractivity contribution in [3.8, 4) is 5.88 Å². The first-order valence-electron chi connectivity index (χ1n) is 7.75. The van der Waals surface area contributed by atoms with Crippen LogP contribution in [0.25, 0.3) is 10.8 Å². The number of aromatic amines is 1. The molecule has 1 aliphatic rings. The molecule has 0 saturated carbocycles. The number of anilines is 1. The molecule has 0 amide bonds. The molecule has 2 aromatic heterocycles. The van der Waals surface area contributed by atoms with Crippen molar-refractivity contribution >= 4 is 45.5 Å². The third kappa shape index (κ3) is 4.51. The standard InChI is InChI=1S/C14H19N4O4PS2/c1-22-14-12-10(7-15-17-13(12)19)6-11(16-14)18-4-2-9(3-5-18)8-25-23(20,21)24/h6-7,9H,2-5,8H2,1H3,(H,17,19)(H2,20,21,24). The Balaban J connectivity index is 1.75. The fourth-order valence-electron chi connectivity index (χ4n) is 2.91. The van der Waals surface area contributed by atoms with Gasteiger partial charge < -0.3 is 19.4 Å². The van der Waals surface area contributed by atoms with Gasteiger partial charge >= 0.3 is 0 Å². The average Bonchev–Trinajstić information content (AvgIpc) is 2.59. The van der Waals surface area contributed by atoms with E-state index in [1.54, 1.807) is 6.20 Å². The van der Waals surface area contributed by atoms with Gasteiger partial charge in [0.1, 0.15) is 11.2 Å². The van der Waals surface area contributed by atoms with E-state index in [2.05, 4.69) is 31.9 Å². The lowest BCUT2D eigenvalue weighted by molar-refractivity contribution is 0.400. The number of rotatable bonds is 5. The summed E-state index contributed by atoms with van der Waals surface area (Å²) in [6.45, 7) is 1.59. The first kappa shape index (κ1) is 18.6. The van der Waals surface area contributed by atoms with Crippen LogP contribution in [0.5, 0.6) is 5.88 Å². The Kier molecular flexibility index (Phi) is 5.65. The highest BCUT2D eigenvalue weighted by molar-refractivity contribution is 8.67. The zero-order valence-corrected chi connectivity index (χ0v) is 16.1. The number of methoxy groups -OCH3 is 1. The largest absolute Gasteiger partial charge is 0.480 e. The number of hydrogen-bond donors (Lipinski definition) is 3. The fraction of sp³-hybridized carbons (Fsp3) is 0.500. The molecule has 0 radical (unpaired) electrons. The smallest absolute Gasteiger partial charge is 0.277 e. The molecule has 0 aliphatic carbocycles. The summed E-state index contributed by atoms with van der Waals surface area (Å²) < 4.78 is 5.28. The van der Waals surface area contributed by atoms with Crippen LogP contribution in [0.2, 0.25) is 0 Å².